The Morgan fingerprint density at radius 3 is 2.27 bits per heavy atom. The normalized spacial score (nSPS) is 16.0. The zero-order chi connectivity index (χ0) is 11.8. The molecular weight excluding hydrogens is 204 g/mol. The van der Waals surface area contributed by atoms with Crippen molar-refractivity contribution in [3.8, 4) is 0 Å². The van der Waals surface area contributed by atoms with Gasteiger partial charge in [-0.1, -0.05) is 13.8 Å². The third-order valence-corrected chi connectivity index (χ3v) is 3.91. The quantitative estimate of drug-likeness (QED) is 0.691. The zero-order valence-corrected chi connectivity index (χ0v) is 12.0. The van der Waals surface area contributed by atoms with Crippen molar-refractivity contribution in [1.82, 2.24) is 10.2 Å². The molecule has 0 aromatic heterocycles. The standard InChI is InChI=1S/C12H28N2S/c1-10(2)12(4)13-7-8-14(5)11(3)9-15-6/h10-13H,7-9H2,1-6H3. The number of nitrogens with one attached hydrogen (secondary N) is 1. The molecule has 0 fully saturated rings. The molecule has 0 rings (SSSR count). The fraction of sp³-hybridized carbons (Fsp3) is 1.00. The van der Waals surface area contributed by atoms with Crippen molar-refractivity contribution in [1.29, 1.82) is 0 Å². The van der Waals surface area contributed by atoms with Crippen LogP contribution in [0.4, 0.5) is 0 Å². The highest BCUT2D eigenvalue weighted by Crippen LogP contribution is 2.03. The van der Waals surface area contributed by atoms with Crippen LogP contribution in [0.5, 0.6) is 0 Å². The maximum atomic E-state index is 3.56. The predicted octanol–water partition coefficient (Wildman–Crippen LogP) is 2.30. The van der Waals surface area contributed by atoms with E-state index in [0.717, 1.165) is 19.0 Å². The SMILES string of the molecule is CSCC(C)N(C)CCNC(C)C(C)C. The summed E-state index contributed by atoms with van der Waals surface area (Å²) >= 11 is 1.92. The minimum atomic E-state index is 0.620. The molecular formula is C12H28N2S. The van der Waals surface area contributed by atoms with Crippen LogP contribution in [0.2, 0.25) is 0 Å². The van der Waals surface area contributed by atoms with Gasteiger partial charge in [0.2, 0.25) is 0 Å². The molecule has 1 N–H and O–H groups in total. The van der Waals surface area contributed by atoms with Gasteiger partial charge in [-0.15, -0.1) is 0 Å². The maximum absolute atomic E-state index is 3.56. The Bertz CT molecular complexity index is 151. The first-order valence-electron chi connectivity index (χ1n) is 5.91. The van der Waals surface area contributed by atoms with Crippen molar-refractivity contribution in [3.63, 3.8) is 0 Å². The molecule has 2 nitrogen and oxygen atoms in total. The summed E-state index contributed by atoms with van der Waals surface area (Å²) in [5.41, 5.74) is 0. The molecule has 0 aliphatic heterocycles. The molecule has 3 heteroatoms. The minimum Gasteiger partial charge on any atom is -0.313 e. The molecule has 0 aromatic rings. The topological polar surface area (TPSA) is 15.3 Å². The minimum absolute atomic E-state index is 0.620. The summed E-state index contributed by atoms with van der Waals surface area (Å²) in [5, 5.41) is 3.56. The monoisotopic (exact) mass is 232 g/mol. The molecule has 0 aliphatic carbocycles. The van der Waals surface area contributed by atoms with E-state index in [2.05, 4.69) is 51.2 Å². The number of nitrogens with zero attached hydrogens (tertiary/aromatic N) is 1. The molecule has 2 unspecified atom stereocenters. The highest BCUT2D eigenvalue weighted by atomic mass is 32.2. The van der Waals surface area contributed by atoms with Gasteiger partial charge in [-0.05, 0) is 33.1 Å². The molecule has 0 amide bonds. The highest BCUT2D eigenvalue weighted by Gasteiger charge is 2.09. The largest absolute Gasteiger partial charge is 0.313 e. The Balaban J connectivity index is 3.58. The lowest BCUT2D eigenvalue weighted by Gasteiger charge is -2.25. The van der Waals surface area contributed by atoms with Gasteiger partial charge in [0.1, 0.15) is 0 Å². The zero-order valence-electron chi connectivity index (χ0n) is 11.2. The van der Waals surface area contributed by atoms with Crippen LogP contribution in [0.15, 0.2) is 0 Å². The first kappa shape index (κ1) is 15.3. The van der Waals surface area contributed by atoms with Gasteiger partial charge < -0.3 is 10.2 Å². The third-order valence-electron chi connectivity index (χ3n) is 3.09. The van der Waals surface area contributed by atoms with Gasteiger partial charge in [0.15, 0.2) is 0 Å². The molecule has 0 radical (unpaired) electrons. The highest BCUT2D eigenvalue weighted by molar-refractivity contribution is 7.98. The van der Waals surface area contributed by atoms with Crippen LogP contribution in [0.1, 0.15) is 27.7 Å². The van der Waals surface area contributed by atoms with E-state index >= 15 is 0 Å². The second kappa shape index (κ2) is 8.43. The van der Waals surface area contributed by atoms with E-state index in [4.69, 9.17) is 0 Å². The third kappa shape index (κ3) is 7.20. The van der Waals surface area contributed by atoms with Crippen molar-refractivity contribution in [2.75, 3.05) is 32.1 Å². The summed E-state index contributed by atoms with van der Waals surface area (Å²) in [6.07, 6.45) is 2.17. The molecule has 0 aromatic carbocycles. The Morgan fingerprint density at radius 2 is 1.80 bits per heavy atom. The molecule has 0 spiro atoms. The fourth-order valence-corrected chi connectivity index (χ4v) is 2.03. The Morgan fingerprint density at radius 1 is 1.20 bits per heavy atom. The van der Waals surface area contributed by atoms with Gasteiger partial charge in [0.25, 0.3) is 0 Å². The molecule has 0 saturated carbocycles. The van der Waals surface area contributed by atoms with Gasteiger partial charge in [0.05, 0.1) is 0 Å². The second-order valence-electron chi connectivity index (χ2n) is 4.77. The van der Waals surface area contributed by atoms with Crippen molar-refractivity contribution < 1.29 is 0 Å². The van der Waals surface area contributed by atoms with E-state index in [-0.39, 0.29) is 0 Å². The lowest BCUT2D eigenvalue weighted by molar-refractivity contribution is 0.268. The number of thioether (sulfide) groups is 1. The number of likely N-dealkylation sites (N-methyl/N-ethyl adjacent to an activating group) is 1. The lowest BCUT2D eigenvalue weighted by atomic mass is 10.1. The van der Waals surface area contributed by atoms with Crippen LogP contribution in [0.3, 0.4) is 0 Å². The van der Waals surface area contributed by atoms with Gasteiger partial charge in [-0.2, -0.15) is 11.8 Å². The van der Waals surface area contributed by atoms with E-state index in [0.29, 0.717) is 12.1 Å². The van der Waals surface area contributed by atoms with Crippen molar-refractivity contribution >= 4 is 11.8 Å². The Labute approximate surface area is 100 Å². The summed E-state index contributed by atoms with van der Waals surface area (Å²) < 4.78 is 0. The lowest BCUT2D eigenvalue weighted by Crippen LogP contribution is -2.40. The first-order chi connectivity index (χ1) is 6.99. The molecule has 15 heavy (non-hydrogen) atoms. The van der Waals surface area contributed by atoms with Crippen molar-refractivity contribution in [3.05, 3.63) is 0 Å². The summed E-state index contributed by atoms with van der Waals surface area (Å²) in [4.78, 5) is 2.43. The second-order valence-corrected chi connectivity index (χ2v) is 5.68. The number of hydrogen-bond acceptors (Lipinski definition) is 3. The number of rotatable bonds is 8. The van der Waals surface area contributed by atoms with Crippen LogP contribution >= 0.6 is 11.8 Å². The van der Waals surface area contributed by atoms with Gasteiger partial charge >= 0.3 is 0 Å². The van der Waals surface area contributed by atoms with Crippen molar-refractivity contribution in [2.24, 2.45) is 5.92 Å². The summed E-state index contributed by atoms with van der Waals surface area (Å²) in [7, 11) is 2.21. The maximum Gasteiger partial charge on any atom is 0.0155 e. The summed E-state index contributed by atoms with van der Waals surface area (Å²) in [5.74, 6) is 1.94. The molecule has 2 atom stereocenters. The molecule has 92 valence electrons. The Kier molecular flexibility index (Phi) is 8.58. The van der Waals surface area contributed by atoms with Crippen LogP contribution in [-0.4, -0.2) is 49.1 Å². The van der Waals surface area contributed by atoms with E-state index in [9.17, 15) is 0 Å². The fourth-order valence-electron chi connectivity index (χ4n) is 1.29. The summed E-state index contributed by atoms with van der Waals surface area (Å²) in [6, 6.07) is 1.30. The average molecular weight is 232 g/mol. The summed E-state index contributed by atoms with van der Waals surface area (Å²) in [6.45, 7) is 11.3. The number of hydrogen-bond donors (Lipinski definition) is 1. The van der Waals surface area contributed by atoms with Gasteiger partial charge in [-0.25, -0.2) is 0 Å². The van der Waals surface area contributed by atoms with E-state index in [1.54, 1.807) is 0 Å². The molecule has 0 bridgehead atoms. The average Bonchev–Trinajstić information content (AvgIpc) is 2.17. The predicted molar refractivity (Wildman–Crippen MR) is 72.8 cm³/mol. The van der Waals surface area contributed by atoms with Gasteiger partial charge in [-0.3, -0.25) is 0 Å². The van der Waals surface area contributed by atoms with Gasteiger partial charge in [0, 0.05) is 30.9 Å². The van der Waals surface area contributed by atoms with Crippen LogP contribution in [0, 0.1) is 5.92 Å². The van der Waals surface area contributed by atoms with Crippen LogP contribution in [0.25, 0.3) is 0 Å². The van der Waals surface area contributed by atoms with E-state index < -0.39 is 0 Å². The van der Waals surface area contributed by atoms with Crippen molar-refractivity contribution in [2.45, 2.75) is 39.8 Å². The Hall–Kier alpha value is 0.270. The molecule has 0 aliphatic rings. The first-order valence-corrected chi connectivity index (χ1v) is 7.31. The smallest absolute Gasteiger partial charge is 0.0155 e. The molecule has 0 saturated heterocycles. The van der Waals surface area contributed by atoms with Crippen LogP contribution < -0.4 is 5.32 Å². The molecule has 0 heterocycles. The van der Waals surface area contributed by atoms with E-state index in [1.807, 2.05) is 11.8 Å². The van der Waals surface area contributed by atoms with E-state index in [1.165, 1.54) is 5.75 Å². The van der Waals surface area contributed by atoms with Crippen LogP contribution in [-0.2, 0) is 0 Å².